The van der Waals surface area contributed by atoms with Gasteiger partial charge in [-0.25, -0.2) is 9.78 Å². The van der Waals surface area contributed by atoms with Crippen molar-refractivity contribution in [1.82, 2.24) is 14.5 Å². The summed E-state index contributed by atoms with van der Waals surface area (Å²) in [5, 5.41) is 3.36. The van der Waals surface area contributed by atoms with Gasteiger partial charge in [-0.2, -0.15) is 0 Å². The van der Waals surface area contributed by atoms with E-state index >= 15 is 0 Å². The largest absolute Gasteiger partial charge is 0.497 e. The Hall–Kier alpha value is -4.52. The lowest BCUT2D eigenvalue weighted by atomic mass is 10.2. The first-order valence-corrected chi connectivity index (χ1v) is 10.9. The van der Waals surface area contributed by atoms with Gasteiger partial charge in [0, 0.05) is 11.8 Å². The van der Waals surface area contributed by atoms with Crippen LogP contribution in [0.5, 0.6) is 11.5 Å². The maximum atomic E-state index is 12.6. The number of methoxy groups -OCH3 is 1. The molecule has 0 aliphatic heterocycles. The monoisotopic (exact) mass is 452 g/mol. The molecule has 7 nitrogen and oxygen atoms in total. The molecule has 2 heterocycles. The molecular weight excluding hydrogens is 428 g/mol. The van der Waals surface area contributed by atoms with Crippen LogP contribution in [-0.4, -0.2) is 21.6 Å². The van der Waals surface area contributed by atoms with Crippen LogP contribution < -0.4 is 20.5 Å². The molecule has 5 rings (SSSR count). The molecule has 7 heteroatoms. The molecule has 0 aliphatic rings. The van der Waals surface area contributed by atoms with Gasteiger partial charge in [0.25, 0.3) is 0 Å². The van der Waals surface area contributed by atoms with E-state index in [1.54, 1.807) is 17.9 Å². The highest BCUT2D eigenvalue weighted by Crippen LogP contribution is 2.26. The van der Waals surface area contributed by atoms with E-state index in [2.05, 4.69) is 15.3 Å². The van der Waals surface area contributed by atoms with E-state index in [-0.39, 0.29) is 5.69 Å². The summed E-state index contributed by atoms with van der Waals surface area (Å²) in [7, 11) is 1.61. The minimum atomic E-state index is -0.227. The summed E-state index contributed by atoms with van der Waals surface area (Å²) in [4.78, 5) is 20.0. The number of pyridine rings is 1. The van der Waals surface area contributed by atoms with Crippen LogP contribution >= 0.6 is 0 Å². The zero-order valence-electron chi connectivity index (χ0n) is 18.9. The van der Waals surface area contributed by atoms with Crippen LogP contribution in [0.2, 0.25) is 0 Å². The fraction of sp³-hybridized carbons (Fsp3) is 0.111. The van der Waals surface area contributed by atoms with Crippen molar-refractivity contribution in [3.63, 3.8) is 0 Å². The number of rotatable bonds is 7. The molecule has 0 spiro atoms. The SMILES string of the molecule is COc1ccc(-n2c(=O)[nH]c3cnc(Nc4ccc(OCc5ccccc5)cc4C)cc32)cc1. The van der Waals surface area contributed by atoms with Crippen LogP contribution in [0.3, 0.4) is 0 Å². The molecule has 3 aromatic carbocycles. The summed E-state index contributed by atoms with van der Waals surface area (Å²) >= 11 is 0. The van der Waals surface area contributed by atoms with Gasteiger partial charge in [0.05, 0.1) is 30.0 Å². The number of aromatic nitrogens is 3. The number of fused-ring (bicyclic) bond motifs is 1. The number of nitrogens with zero attached hydrogens (tertiary/aromatic N) is 2. The summed E-state index contributed by atoms with van der Waals surface area (Å²) in [5.74, 6) is 2.16. The van der Waals surface area contributed by atoms with E-state index in [9.17, 15) is 4.79 Å². The van der Waals surface area contributed by atoms with Gasteiger partial charge >= 0.3 is 5.69 Å². The summed E-state index contributed by atoms with van der Waals surface area (Å²) < 4.78 is 12.8. The molecule has 170 valence electrons. The number of nitrogens with one attached hydrogen (secondary N) is 2. The first kappa shape index (κ1) is 21.3. The Morgan fingerprint density at radius 1 is 0.971 bits per heavy atom. The lowest BCUT2D eigenvalue weighted by Crippen LogP contribution is -2.14. The molecule has 2 aromatic heterocycles. The van der Waals surface area contributed by atoms with Gasteiger partial charge in [0.1, 0.15) is 23.9 Å². The van der Waals surface area contributed by atoms with Gasteiger partial charge in [-0.05, 0) is 60.5 Å². The standard InChI is InChI=1S/C27H24N4O3/c1-18-14-22(34-17-19-6-4-3-5-7-19)12-13-23(18)29-26-15-25-24(16-28-26)30-27(32)31(25)20-8-10-21(33-2)11-9-20/h3-16H,17H2,1-2H3,(H,28,29)(H,30,32). The summed E-state index contributed by atoms with van der Waals surface area (Å²) in [6.45, 7) is 2.53. The number of aryl methyl sites for hydroxylation is 1. The number of anilines is 2. The molecule has 0 atom stereocenters. The third-order valence-corrected chi connectivity index (χ3v) is 5.61. The topological polar surface area (TPSA) is 81.2 Å². The van der Waals surface area contributed by atoms with E-state index in [0.717, 1.165) is 39.5 Å². The van der Waals surface area contributed by atoms with Crippen LogP contribution in [0.25, 0.3) is 16.7 Å². The summed E-state index contributed by atoms with van der Waals surface area (Å²) in [6, 6.07) is 25.2. The first-order valence-electron chi connectivity index (χ1n) is 10.9. The molecule has 0 radical (unpaired) electrons. The van der Waals surface area contributed by atoms with E-state index in [4.69, 9.17) is 9.47 Å². The van der Waals surface area contributed by atoms with Gasteiger partial charge in [-0.3, -0.25) is 4.57 Å². The van der Waals surface area contributed by atoms with Crippen LogP contribution in [0.15, 0.2) is 89.9 Å². The number of H-pyrrole nitrogens is 1. The fourth-order valence-corrected chi connectivity index (χ4v) is 3.81. The zero-order valence-corrected chi connectivity index (χ0v) is 18.9. The molecule has 2 N–H and O–H groups in total. The molecule has 0 fully saturated rings. The molecule has 0 aliphatic carbocycles. The highest BCUT2D eigenvalue weighted by Gasteiger charge is 2.11. The number of imidazole rings is 1. The normalized spacial score (nSPS) is 10.9. The smallest absolute Gasteiger partial charge is 0.331 e. The van der Waals surface area contributed by atoms with Crippen LogP contribution in [0.1, 0.15) is 11.1 Å². The Bertz CT molecular complexity index is 1490. The minimum absolute atomic E-state index is 0.227. The van der Waals surface area contributed by atoms with Crippen molar-refractivity contribution in [2.45, 2.75) is 13.5 Å². The van der Waals surface area contributed by atoms with E-state index in [1.165, 1.54) is 0 Å². The van der Waals surface area contributed by atoms with E-state index < -0.39 is 0 Å². The van der Waals surface area contributed by atoms with Crippen LogP contribution in [-0.2, 0) is 6.61 Å². The lowest BCUT2D eigenvalue weighted by Gasteiger charge is -2.12. The first-order chi connectivity index (χ1) is 16.6. The predicted molar refractivity (Wildman–Crippen MR) is 133 cm³/mol. The number of aromatic amines is 1. The number of hydrogen-bond acceptors (Lipinski definition) is 5. The number of hydrogen-bond donors (Lipinski definition) is 2. The Labute approximate surface area is 196 Å². The Morgan fingerprint density at radius 3 is 2.47 bits per heavy atom. The van der Waals surface area contributed by atoms with Crippen LogP contribution in [0.4, 0.5) is 11.5 Å². The quantitative estimate of drug-likeness (QED) is 0.348. The van der Waals surface area contributed by atoms with Gasteiger partial charge in [0.2, 0.25) is 0 Å². The van der Waals surface area contributed by atoms with E-state index in [1.807, 2.05) is 85.8 Å². The maximum Gasteiger partial charge on any atom is 0.331 e. The van der Waals surface area contributed by atoms with Gasteiger partial charge in [0.15, 0.2) is 0 Å². The van der Waals surface area contributed by atoms with Crippen molar-refractivity contribution in [3.8, 4) is 17.2 Å². The van der Waals surface area contributed by atoms with Gasteiger partial charge in [-0.15, -0.1) is 0 Å². The van der Waals surface area contributed by atoms with Crippen molar-refractivity contribution >= 4 is 22.5 Å². The highest BCUT2D eigenvalue weighted by molar-refractivity contribution is 5.80. The Kier molecular flexibility index (Phi) is 5.74. The average Bonchev–Trinajstić information content (AvgIpc) is 3.20. The molecule has 0 amide bonds. The Balaban J connectivity index is 1.39. The molecule has 0 saturated heterocycles. The molecule has 34 heavy (non-hydrogen) atoms. The van der Waals surface area contributed by atoms with Crippen molar-refractivity contribution < 1.29 is 9.47 Å². The second kappa shape index (κ2) is 9.15. The highest BCUT2D eigenvalue weighted by atomic mass is 16.5. The minimum Gasteiger partial charge on any atom is -0.497 e. The number of benzene rings is 3. The van der Waals surface area contributed by atoms with Crippen molar-refractivity contribution in [1.29, 1.82) is 0 Å². The van der Waals surface area contributed by atoms with Crippen molar-refractivity contribution in [2.24, 2.45) is 0 Å². The second-order valence-corrected chi connectivity index (χ2v) is 7.93. The zero-order chi connectivity index (χ0) is 23.5. The summed E-state index contributed by atoms with van der Waals surface area (Å²) in [5.41, 5.74) is 4.96. The maximum absolute atomic E-state index is 12.6. The Morgan fingerprint density at radius 2 is 1.74 bits per heavy atom. The molecule has 0 bridgehead atoms. The summed E-state index contributed by atoms with van der Waals surface area (Å²) in [6.07, 6.45) is 1.66. The molecule has 0 saturated carbocycles. The molecule has 5 aromatic rings. The molecule has 0 unspecified atom stereocenters. The predicted octanol–water partition coefficient (Wildman–Crippen LogP) is 5.35. The van der Waals surface area contributed by atoms with Crippen molar-refractivity contribution in [2.75, 3.05) is 12.4 Å². The second-order valence-electron chi connectivity index (χ2n) is 7.93. The number of ether oxygens (including phenoxy) is 2. The van der Waals surface area contributed by atoms with Crippen molar-refractivity contribution in [3.05, 3.63) is 107 Å². The van der Waals surface area contributed by atoms with Gasteiger partial charge < -0.3 is 19.8 Å². The molecular formula is C27H24N4O3. The van der Waals surface area contributed by atoms with Gasteiger partial charge in [-0.1, -0.05) is 30.3 Å². The average molecular weight is 453 g/mol. The third kappa shape index (κ3) is 4.36. The lowest BCUT2D eigenvalue weighted by molar-refractivity contribution is 0.306. The third-order valence-electron chi connectivity index (χ3n) is 5.61. The van der Waals surface area contributed by atoms with Crippen LogP contribution in [0, 0.1) is 6.92 Å². The fourth-order valence-electron chi connectivity index (χ4n) is 3.81. The van der Waals surface area contributed by atoms with E-state index in [0.29, 0.717) is 17.9 Å².